The number of rotatable bonds is 8. The summed E-state index contributed by atoms with van der Waals surface area (Å²) in [6.45, 7) is 4.91. The van der Waals surface area contributed by atoms with Crippen molar-refractivity contribution in [2.45, 2.75) is 37.7 Å². The molecular weight excluding hydrogens is 380 g/mol. The average molecular weight is 413 g/mol. The van der Waals surface area contributed by atoms with Gasteiger partial charge >= 0.3 is 0 Å². The number of nitrogens with one attached hydrogen (secondary N) is 2. The number of nitrogens with zero attached hydrogens (tertiary/aromatic N) is 2. The molecule has 6 heteroatoms. The van der Waals surface area contributed by atoms with Gasteiger partial charge in [-0.15, -0.1) is 0 Å². The summed E-state index contributed by atoms with van der Waals surface area (Å²) in [6.07, 6.45) is 1.09. The van der Waals surface area contributed by atoms with Gasteiger partial charge < -0.3 is 10.6 Å². The van der Waals surface area contributed by atoms with Crippen molar-refractivity contribution >= 4 is 16.8 Å². The highest BCUT2D eigenvalue weighted by Crippen LogP contribution is 2.20. The van der Waals surface area contributed by atoms with Crippen molar-refractivity contribution in [1.29, 1.82) is 0 Å². The molecule has 2 aromatic carbocycles. The molecule has 0 radical (unpaired) electrons. The van der Waals surface area contributed by atoms with Crippen molar-refractivity contribution in [3.63, 3.8) is 0 Å². The predicted molar refractivity (Wildman–Crippen MR) is 122 cm³/mol. The van der Waals surface area contributed by atoms with Crippen LogP contribution in [0.25, 0.3) is 0 Å². The van der Waals surface area contributed by atoms with Crippen LogP contribution in [0.15, 0.2) is 65.7 Å². The second kappa shape index (κ2) is 11.1. The van der Waals surface area contributed by atoms with E-state index in [2.05, 4.69) is 57.8 Å². The van der Waals surface area contributed by atoms with E-state index in [1.54, 1.807) is 7.05 Å². The lowest BCUT2D eigenvalue weighted by Gasteiger charge is -2.21. The first-order chi connectivity index (χ1) is 14.1. The molecule has 1 saturated heterocycles. The van der Waals surface area contributed by atoms with Gasteiger partial charge in [-0.25, -0.2) is 0 Å². The summed E-state index contributed by atoms with van der Waals surface area (Å²) in [7, 11) is 0.907. The Bertz CT molecular complexity index is 797. The predicted octanol–water partition coefficient (Wildman–Crippen LogP) is 2.76. The van der Waals surface area contributed by atoms with E-state index in [-0.39, 0.29) is 0 Å². The summed E-state index contributed by atoms with van der Waals surface area (Å²) in [6, 6.07) is 21.5. The Labute approximate surface area is 177 Å². The zero-order chi connectivity index (χ0) is 20.5. The molecule has 0 amide bonds. The quantitative estimate of drug-likeness (QED) is 0.517. The number of hydrogen-bond acceptors (Lipinski definition) is 3. The Morgan fingerprint density at radius 1 is 1.10 bits per heavy atom. The lowest BCUT2D eigenvalue weighted by molar-refractivity contribution is 0.258. The maximum atomic E-state index is 12.3. The van der Waals surface area contributed by atoms with Crippen molar-refractivity contribution in [2.75, 3.05) is 25.9 Å². The second-order valence-electron chi connectivity index (χ2n) is 7.61. The monoisotopic (exact) mass is 412 g/mol. The van der Waals surface area contributed by atoms with Crippen molar-refractivity contribution in [1.82, 2.24) is 15.5 Å². The summed E-state index contributed by atoms with van der Waals surface area (Å²) >= 11 is 0. The first-order valence-electron chi connectivity index (χ1n) is 10.3. The van der Waals surface area contributed by atoms with E-state index in [1.165, 1.54) is 5.56 Å². The minimum Gasteiger partial charge on any atom is -0.355 e. The molecule has 29 heavy (non-hydrogen) atoms. The molecule has 2 aromatic rings. The number of benzene rings is 2. The summed E-state index contributed by atoms with van der Waals surface area (Å²) in [5, 5.41) is 6.85. The zero-order valence-corrected chi connectivity index (χ0v) is 18.2. The van der Waals surface area contributed by atoms with E-state index in [9.17, 15) is 4.21 Å². The molecule has 1 fully saturated rings. The molecule has 1 aliphatic heterocycles. The third-order valence-electron chi connectivity index (χ3n) is 5.29. The number of likely N-dealkylation sites (tertiary alicyclic amines) is 1. The highest BCUT2D eigenvalue weighted by molar-refractivity contribution is 7.84. The molecule has 0 saturated carbocycles. The minimum absolute atomic E-state index is 0.370. The van der Waals surface area contributed by atoms with Crippen LogP contribution in [0.5, 0.6) is 0 Å². The molecule has 3 atom stereocenters. The standard InChI is InChI=1S/C23H32N4OS/c1-19-15-22(17-27(19)16-20-9-5-3-6-10-20)26-23(24-2)25-13-14-29(28)18-21-11-7-4-8-12-21/h3-12,19,22H,13-18H2,1-2H3,(H2,24,25,26). The highest BCUT2D eigenvalue weighted by atomic mass is 32.2. The van der Waals surface area contributed by atoms with Crippen LogP contribution in [0, 0.1) is 0 Å². The second-order valence-corrected chi connectivity index (χ2v) is 9.19. The van der Waals surface area contributed by atoms with Gasteiger partial charge in [0.05, 0.1) is 0 Å². The Balaban J connectivity index is 1.40. The Kier molecular flexibility index (Phi) is 8.25. The van der Waals surface area contributed by atoms with Gasteiger partial charge in [0.2, 0.25) is 0 Å². The van der Waals surface area contributed by atoms with Gasteiger partial charge in [-0.2, -0.15) is 0 Å². The average Bonchev–Trinajstić information content (AvgIpc) is 3.07. The lowest BCUT2D eigenvalue weighted by Crippen LogP contribution is -2.45. The van der Waals surface area contributed by atoms with Crippen LogP contribution in [0.4, 0.5) is 0 Å². The van der Waals surface area contributed by atoms with Crippen LogP contribution in [-0.4, -0.2) is 53.0 Å². The van der Waals surface area contributed by atoms with Gasteiger partial charge in [0.1, 0.15) is 0 Å². The van der Waals surface area contributed by atoms with Crippen LogP contribution in [-0.2, 0) is 23.1 Å². The van der Waals surface area contributed by atoms with Gasteiger partial charge in [0.25, 0.3) is 0 Å². The number of guanidine groups is 1. The van der Waals surface area contributed by atoms with Gasteiger partial charge in [0, 0.05) is 61.1 Å². The zero-order valence-electron chi connectivity index (χ0n) is 17.4. The first-order valence-corrected chi connectivity index (χ1v) is 11.8. The molecule has 0 spiro atoms. The van der Waals surface area contributed by atoms with Crippen molar-refractivity contribution < 1.29 is 4.21 Å². The largest absolute Gasteiger partial charge is 0.355 e. The molecule has 0 aromatic heterocycles. The molecule has 0 bridgehead atoms. The molecule has 1 heterocycles. The van der Waals surface area contributed by atoms with E-state index in [0.29, 0.717) is 30.1 Å². The molecular formula is C23H32N4OS. The molecule has 3 unspecified atom stereocenters. The smallest absolute Gasteiger partial charge is 0.191 e. The number of hydrogen-bond donors (Lipinski definition) is 2. The van der Waals surface area contributed by atoms with Crippen molar-refractivity contribution in [3.8, 4) is 0 Å². The van der Waals surface area contributed by atoms with E-state index in [0.717, 1.165) is 31.0 Å². The van der Waals surface area contributed by atoms with Crippen LogP contribution in [0.2, 0.25) is 0 Å². The van der Waals surface area contributed by atoms with Crippen molar-refractivity contribution in [2.24, 2.45) is 4.99 Å². The SMILES string of the molecule is CN=C(NCCS(=O)Cc1ccccc1)NC1CC(C)N(Cc2ccccc2)C1. The van der Waals surface area contributed by atoms with Crippen LogP contribution in [0.1, 0.15) is 24.5 Å². The van der Waals surface area contributed by atoms with E-state index in [4.69, 9.17) is 0 Å². The van der Waals surface area contributed by atoms with Gasteiger partial charge in [0.15, 0.2) is 5.96 Å². The van der Waals surface area contributed by atoms with E-state index < -0.39 is 10.8 Å². The number of aliphatic imine (C=N–C) groups is 1. The summed E-state index contributed by atoms with van der Waals surface area (Å²) in [4.78, 5) is 6.85. The van der Waals surface area contributed by atoms with Gasteiger partial charge in [-0.05, 0) is 24.5 Å². The topological polar surface area (TPSA) is 56.7 Å². The van der Waals surface area contributed by atoms with Gasteiger partial charge in [-0.1, -0.05) is 60.7 Å². The Morgan fingerprint density at radius 3 is 2.41 bits per heavy atom. The van der Waals surface area contributed by atoms with E-state index >= 15 is 0 Å². The molecule has 156 valence electrons. The Hall–Kier alpha value is -2.18. The lowest BCUT2D eigenvalue weighted by atomic mass is 10.2. The minimum atomic E-state index is -0.881. The normalized spacial score (nSPS) is 21.1. The third kappa shape index (κ3) is 6.98. The van der Waals surface area contributed by atoms with Crippen LogP contribution < -0.4 is 10.6 Å². The highest BCUT2D eigenvalue weighted by Gasteiger charge is 2.29. The maximum Gasteiger partial charge on any atom is 0.191 e. The molecule has 5 nitrogen and oxygen atoms in total. The molecule has 2 N–H and O–H groups in total. The summed E-state index contributed by atoms with van der Waals surface area (Å²) < 4.78 is 12.3. The third-order valence-corrected chi connectivity index (χ3v) is 6.60. The molecule has 0 aliphatic carbocycles. The fourth-order valence-electron chi connectivity index (χ4n) is 3.74. The molecule has 3 rings (SSSR count). The maximum absolute atomic E-state index is 12.3. The van der Waals surface area contributed by atoms with E-state index in [1.807, 2.05) is 30.3 Å². The Morgan fingerprint density at radius 2 is 1.76 bits per heavy atom. The fourth-order valence-corrected chi connectivity index (χ4v) is 4.78. The van der Waals surface area contributed by atoms with Crippen LogP contribution >= 0.6 is 0 Å². The molecule has 1 aliphatic rings. The summed E-state index contributed by atoms with van der Waals surface area (Å²) in [5.74, 6) is 2.00. The van der Waals surface area contributed by atoms with Crippen LogP contribution in [0.3, 0.4) is 0 Å². The summed E-state index contributed by atoms with van der Waals surface area (Å²) in [5.41, 5.74) is 2.47. The van der Waals surface area contributed by atoms with Crippen molar-refractivity contribution in [3.05, 3.63) is 71.8 Å². The van der Waals surface area contributed by atoms with Gasteiger partial charge in [-0.3, -0.25) is 14.1 Å². The fraction of sp³-hybridized carbons (Fsp3) is 0.435. The first kappa shape index (κ1) is 21.5.